The van der Waals surface area contributed by atoms with Crippen molar-refractivity contribution in [3.63, 3.8) is 0 Å². The van der Waals surface area contributed by atoms with Gasteiger partial charge in [-0.3, -0.25) is 0 Å². The van der Waals surface area contributed by atoms with E-state index in [1.165, 1.54) is 19.2 Å². The lowest BCUT2D eigenvalue weighted by atomic mass is 10.2. The van der Waals surface area contributed by atoms with Gasteiger partial charge in [0.15, 0.2) is 9.84 Å². The predicted molar refractivity (Wildman–Crippen MR) is 81.3 cm³/mol. The van der Waals surface area contributed by atoms with Gasteiger partial charge in [0.05, 0.1) is 24.9 Å². The Balaban J connectivity index is 2.34. The van der Waals surface area contributed by atoms with E-state index in [1.54, 1.807) is 37.4 Å². The van der Waals surface area contributed by atoms with Crippen molar-refractivity contribution in [2.75, 3.05) is 20.0 Å². The quantitative estimate of drug-likeness (QED) is 0.857. The monoisotopic (exact) mass is 307 g/mol. The molecule has 0 aliphatic heterocycles. The van der Waals surface area contributed by atoms with Crippen LogP contribution in [0.1, 0.15) is 5.56 Å². The van der Waals surface area contributed by atoms with E-state index in [4.69, 9.17) is 15.2 Å². The van der Waals surface area contributed by atoms with Crippen LogP contribution in [-0.2, 0) is 15.6 Å². The van der Waals surface area contributed by atoms with Crippen molar-refractivity contribution in [3.05, 3.63) is 48.0 Å². The van der Waals surface area contributed by atoms with Crippen LogP contribution in [0.2, 0.25) is 0 Å². The van der Waals surface area contributed by atoms with E-state index in [0.717, 1.165) is 0 Å². The van der Waals surface area contributed by atoms with Crippen LogP contribution in [-0.4, -0.2) is 22.6 Å². The fraction of sp³-hybridized carbons (Fsp3) is 0.200. The maximum atomic E-state index is 12.4. The average molecular weight is 307 g/mol. The zero-order valence-electron chi connectivity index (χ0n) is 11.9. The van der Waals surface area contributed by atoms with E-state index in [-0.39, 0.29) is 10.6 Å². The van der Waals surface area contributed by atoms with Gasteiger partial charge in [0, 0.05) is 17.3 Å². The number of sulfone groups is 1. The van der Waals surface area contributed by atoms with Gasteiger partial charge in [-0.2, -0.15) is 0 Å². The summed E-state index contributed by atoms with van der Waals surface area (Å²) >= 11 is 0. The Morgan fingerprint density at radius 2 is 1.67 bits per heavy atom. The summed E-state index contributed by atoms with van der Waals surface area (Å²) in [5.41, 5.74) is 6.67. The number of hydrogen-bond donors (Lipinski definition) is 1. The maximum Gasteiger partial charge on any atom is 0.182 e. The van der Waals surface area contributed by atoms with Crippen molar-refractivity contribution < 1.29 is 17.9 Å². The van der Waals surface area contributed by atoms with Crippen molar-refractivity contribution >= 4 is 15.5 Å². The molecule has 0 saturated heterocycles. The first-order valence-corrected chi connectivity index (χ1v) is 7.90. The Bertz CT molecular complexity index is 724. The van der Waals surface area contributed by atoms with Gasteiger partial charge >= 0.3 is 0 Å². The molecule has 0 saturated carbocycles. The molecule has 2 aromatic rings. The molecule has 0 aromatic heterocycles. The standard InChI is InChI=1S/C15H17NO4S/c1-19-13-6-3-11(15(9-13)20-2)10-21(17,18)14-7-4-12(16)5-8-14/h3-9H,10,16H2,1-2H3. The molecule has 0 unspecified atom stereocenters. The number of nitrogens with two attached hydrogens (primary N) is 1. The largest absolute Gasteiger partial charge is 0.497 e. The fourth-order valence-electron chi connectivity index (χ4n) is 1.93. The van der Waals surface area contributed by atoms with Crippen molar-refractivity contribution in [1.82, 2.24) is 0 Å². The minimum atomic E-state index is -3.46. The summed E-state index contributed by atoms with van der Waals surface area (Å²) in [6.07, 6.45) is 0. The van der Waals surface area contributed by atoms with Crippen LogP contribution in [0, 0.1) is 0 Å². The highest BCUT2D eigenvalue weighted by atomic mass is 32.2. The van der Waals surface area contributed by atoms with Gasteiger partial charge in [-0.1, -0.05) is 6.07 Å². The second kappa shape index (κ2) is 6.05. The molecule has 0 aliphatic rings. The molecule has 0 bridgehead atoms. The number of rotatable bonds is 5. The molecule has 2 aromatic carbocycles. The number of benzene rings is 2. The minimum Gasteiger partial charge on any atom is -0.497 e. The number of ether oxygens (including phenoxy) is 2. The molecule has 6 heteroatoms. The van der Waals surface area contributed by atoms with Gasteiger partial charge < -0.3 is 15.2 Å². The second-order valence-corrected chi connectivity index (χ2v) is 6.50. The molecule has 21 heavy (non-hydrogen) atoms. The molecular weight excluding hydrogens is 290 g/mol. The van der Waals surface area contributed by atoms with E-state index in [2.05, 4.69) is 0 Å². The van der Waals surface area contributed by atoms with Crippen LogP contribution in [0.4, 0.5) is 5.69 Å². The highest BCUT2D eigenvalue weighted by Crippen LogP contribution is 2.28. The third-order valence-electron chi connectivity index (χ3n) is 3.08. The first kappa shape index (κ1) is 15.2. The lowest BCUT2D eigenvalue weighted by molar-refractivity contribution is 0.392. The summed E-state index contributed by atoms with van der Waals surface area (Å²) in [4.78, 5) is 0.231. The molecule has 0 heterocycles. The molecule has 0 aliphatic carbocycles. The Morgan fingerprint density at radius 1 is 1.00 bits per heavy atom. The Labute approximate surface area is 124 Å². The molecular formula is C15H17NO4S. The molecule has 0 radical (unpaired) electrons. The van der Waals surface area contributed by atoms with Crippen molar-refractivity contribution in [3.8, 4) is 11.5 Å². The summed E-state index contributed by atoms with van der Waals surface area (Å²) in [7, 11) is -0.423. The number of nitrogen functional groups attached to an aromatic ring is 1. The van der Waals surface area contributed by atoms with Gasteiger partial charge in [-0.25, -0.2) is 8.42 Å². The molecule has 5 nitrogen and oxygen atoms in total. The van der Waals surface area contributed by atoms with Crippen LogP contribution in [0.5, 0.6) is 11.5 Å². The highest BCUT2D eigenvalue weighted by molar-refractivity contribution is 7.90. The molecule has 0 amide bonds. The summed E-state index contributed by atoms with van der Waals surface area (Å²) in [5.74, 6) is 0.943. The summed E-state index contributed by atoms with van der Waals surface area (Å²) in [5, 5.41) is 0. The minimum absolute atomic E-state index is 0.149. The fourth-order valence-corrected chi connectivity index (χ4v) is 3.30. The molecule has 2 rings (SSSR count). The third kappa shape index (κ3) is 3.46. The van der Waals surface area contributed by atoms with Crippen LogP contribution in [0.15, 0.2) is 47.4 Å². The summed E-state index contributed by atoms with van der Waals surface area (Å²) in [6, 6.07) is 11.2. The second-order valence-electron chi connectivity index (χ2n) is 4.51. The van der Waals surface area contributed by atoms with Crippen LogP contribution >= 0.6 is 0 Å². The van der Waals surface area contributed by atoms with Crippen LogP contribution in [0.25, 0.3) is 0 Å². The van der Waals surface area contributed by atoms with Crippen molar-refractivity contribution in [1.29, 1.82) is 0 Å². The van der Waals surface area contributed by atoms with Gasteiger partial charge in [-0.15, -0.1) is 0 Å². The smallest absolute Gasteiger partial charge is 0.182 e. The molecule has 2 N–H and O–H groups in total. The summed E-state index contributed by atoms with van der Waals surface area (Å²) < 4.78 is 35.1. The van der Waals surface area contributed by atoms with E-state index in [9.17, 15) is 8.42 Å². The van der Waals surface area contributed by atoms with E-state index in [1.807, 2.05) is 0 Å². The van der Waals surface area contributed by atoms with E-state index >= 15 is 0 Å². The molecule has 112 valence electrons. The first-order valence-electron chi connectivity index (χ1n) is 6.25. The van der Waals surface area contributed by atoms with Gasteiger partial charge in [0.1, 0.15) is 11.5 Å². The maximum absolute atomic E-state index is 12.4. The highest BCUT2D eigenvalue weighted by Gasteiger charge is 2.18. The van der Waals surface area contributed by atoms with Crippen molar-refractivity contribution in [2.45, 2.75) is 10.6 Å². The first-order chi connectivity index (χ1) is 9.96. The lowest BCUT2D eigenvalue weighted by Gasteiger charge is -2.11. The zero-order chi connectivity index (χ0) is 15.5. The Kier molecular flexibility index (Phi) is 4.37. The molecule has 0 spiro atoms. The Hall–Kier alpha value is -2.21. The van der Waals surface area contributed by atoms with Crippen molar-refractivity contribution in [2.24, 2.45) is 0 Å². The lowest BCUT2D eigenvalue weighted by Crippen LogP contribution is -2.06. The van der Waals surface area contributed by atoms with Gasteiger partial charge in [-0.05, 0) is 30.3 Å². The van der Waals surface area contributed by atoms with Gasteiger partial charge in [0.25, 0.3) is 0 Å². The average Bonchev–Trinajstić information content (AvgIpc) is 2.47. The van der Waals surface area contributed by atoms with E-state index < -0.39 is 9.84 Å². The number of anilines is 1. The van der Waals surface area contributed by atoms with Crippen LogP contribution in [0.3, 0.4) is 0 Å². The van der Waals surface area contributed by atoms with E-state index in [0.29, 0.717) is 22.7 Å². The molecule has 0 fully saturated rings. The predicted octanol–water partition coefficient (Wildman–Crippen LogP) is 2.26. The number of hydrogen-bond acceptors (Lipinski definition) is 5. The normalized spacial score (nSPS) is 11.1. The Morgan fingerprint density at radius 3 is 2.24 bits per heavy atom. The SMILES string of the molecule is COc1ccc(CS(=O)(=O)c2ccc(N)cc2)c(OC)c1. The third-order valence-corrected chi connectivity index (χ3v) is 4.76. The summed E-state index contributed by atoms with van der Waals surface area (Å²) in [6.45, 7) is 0. The zero-order valence-corrected chi connectivity index (χ0v) is 12.7. The molecule has 0 atom stereocenters. The number of methoxy groups -OCH3 is 2. The van der Waals surface area contributed by atoms with Gasteiger partial charge in [0.2, 0.25) is 0 Å². The van der Waals surface area contributed by atoms with Crippen LogP contribution < -0.4 is 15.2 Å². The topological polar surface area (TPSA) is 78.6 Å².